The summed E-state index contributed by atoms with van der Waals surface area (Å²) in [6, 6.07) is 17.9. The largest absolute Gasteiger partial charge is 0.486 e. The summed E-state index contributed by atoms with van der Waals surface area (Å²) in [6.07, 6.45) is 0.00881. The average molecular weight is 368 g/mol. The highest BCUT2D eigenvalue weighted by atomic mass is 19.1. The minimum absolute atomic E-state index is 0.00881. The number of hydrogen-bond acceptors (Lipinski definition) is 4. The van der Waals surface area contributed by atoms with Crippen LogP contribution in [0, 0.1) is 5.82 Å². The van der Waals surface area contributed by atoms with E-state index in [1.54, 1.807) is 6.07 Å². The second-order valence-corrected chi connectivity index (χ2v) is 5.67. The van der Waals surface area contributed by atoms with Crippen molar-refractivity contribution in [2.45, 2.75) is 13.0 Å². The number of furan rings is 1. The molecule has 7 heteroatoms. The van der Waals surface area contributed by atoms with E-state index in [0.717, 1.165) is 0 Å². The minimum Gasteiger partial charge on any atom is -0.486 e. The highest BCUT2D eigenvalue weighted by molar-refractivity contribution is 5.93. The predicted octanol–water partition coefficient (Wildman–Crippen LogP) is 3.00. The zero-order chi connectivity index (χ0) is 19.1. The number of para-hydroxylation sites is 1. The number of halogens is 1. The van der Waals surface area contributed by atoms with Gasteiger partial charge in [-0.05, 0) is 42.0 Å². The van der Waals surface area contributed by atoms with Crippen molar-refractivity contribution in [3.8, 4) is 5.75 Å². The molecule has 0 spiro atoms. The number of hydrazine groups is 1. The highest BCUT2D eigenvalue weighted by Crippen LogP contribution is 2.13. The van der Waals surface area contributed by atoms with Gasteiger partial charge in [0.25, 0.3) is 0 Å². The van der Waals surface area contributed by atoms with Crippen LogP contribution in [0.4, 0.5) is 4.39 Å². The number of benzene rings is 2. The van der Waals surface area contributed by atoms with E-state index in [9.17, 15) is 14.0 Å². The lowest BCUT2D eigenvalue weighted by Gasteiger charge is -2.06. The van der Waals surface area contributed by atoms with Crippen LogP contribution in [0.5, 0.6) is 5.75 Å². The summed E-state index contributed by atoms with van der Waals surface area (Å²) >= 11 is 0. The Morgan fingerprint density at radius 1 is 0.926 bits per heavy atom. The molecule has 3 aromatic rings. The standard InChI is InChI=1S/C20H17FN2O4/c21-15-8-6-14(7-9-15)12-19(24)22-23-20(25)18-11-10-17(27-18)13-26-16-4-2-1-3-5-16/h1-11H,12-13H2,(H,22,24)(H,23,25). The first-order chi connectivity index (χ1) is 13.1. The fourth-order valence-corrected chi connectivity index (χ4v) is 2.27. The Kier molecular flexibility index (Phi) is 5.84. The van der Waals surface area contributed by atoms with Gasteiger partial charge in [0.15, 0.2) is 5.76 Å². The van der Waals surface area contributed by atoms with E-state index in [1.165, 1.54) is 30.3 Å². The van der Waals surface area contributed by atoms with Crippen molar-refractivity contribution in [2.24, 2.45) is 0 Å². The third-order valence-corrected chi connectivity index (χ3v) is 3.60. The molecule has 0 bridgehead atoms. The van der Waals surface area contributed by atoms with Crippen LogP contribution in [-0.4, -0.2) is 11.8 Å². The van der Waals surface area contributed by atoms with Crippen LogP contribution < -0.4 is 15.6 Å². The molecule has 0 aliphatic rings. The Balaban J connectivity index is 1.46. The number of carbonyl (C=O) groups is 2. The van der Waals surface area contributed by atoms with Crippen LogP contribution >= 0.6 is 0 Å². The first-order valence-corrected chi connectivity index (χ1v) is 8.20. The van der Waals surface area contributed by atoms with Crippen LogP contribution in [0.1, 0.15) is 21.9 Å². The summed E-state index contributed by atoms with van der Waals surface area (Å²) in [5.41, 5.74) is 5.18. The van der Waals surface area contributed by atoms with Crippen LogP contribution in [0.25, 0.3) is 0 Å². The lowest BCUT2D eigenvalue weighted by atomic mass is 10.1. The molecule has 0 aliphatic carbocycles. The molecule has 2 aromatic carbocycles. The summed E-state index contributed by atoms with van der Waals surface area (Å²) in [5, 5.41) is 0. The van der Waals surface area contributed by atoms with Crippen LogP contribution in [0.15, 0.2) is 71.1 Å². The molecule has 0 fully saturated rings. The van der Waals surface area contributed by atoms with Gasteiger partial charge in [0, 0.05) is 0 Å². The summed E-state index contributed by atoms with van der Waals surface area (Å²) in [6.45, 7) is 0.175. The molecule has 138 valence electrons. The van der Waals surface area contributed by atoms with E-state index in [-0.39, 0.29) is 24.6 Å². The number of rotatable bonds is 6. The quantitative estimate of drug-likeness (QED) is 0.656. The molecule has 2 amide bonds. The predicted molar refractivity (Wildman–Crippen MR) is 95.2 cm³/mol. The highest BCUT2D eigenvalue weighted by Gasteiger charge is 2.13. The zero-order valence-electron chi connectivity index (χ0n) is 14.3. The van der Waals surface area contributed by atoms with E-state index in [1.807, 2.05) is 30.3 Å². The molecular weight excluding hydrogens is 351 g/mol. The molecule has 0 atom stereocenters. The van der Waals surface area contributed by atoms with Gasteiger partial charge in [0.1, 0.15) is 23.9 Å². The van der Waals surface area contributed by atoms with Crippen molar-refractivity contribution in [3.05, 3.63) is 89.6 Å². The van der Waals surface area contributed by atoms with E-state index < -0.39 is 11.8 Å². The maximum absolute atomic E-state index is 12.8. The van der Waals surface area contributed by atoms with Crippen LogP contribution in [0.3, 0.4) is 0 Å². The first kappa shape index (κ1) is 18.2. The minimum atomic E-state index is -0.589. The Bertz CT molecular complexity index is 907. The zero-order valence-corrected chi connectivity index (χ0v) is 14.3. The van der Waals surface area contributed by atoms with Gasteiger partial charge >= 0.3 is 5.91 Å². The van der Waals surface area contributed by atoms with E-state index >= 15 is 0 Å². The average Bonchev–Trinajstić information content (AvgIpc) is 3.16. The van der Waals surface area contributed by atoms with Crippen molar-refractivity contribution < 1.29 is 23.1 Å². The Hall–Kier alpha value is -3.61. The van der Waals surface area contributed by atoms with Crippen molar-refractivity contribution in [1.82, 2.24) is 10.9 Å². The molecule has 1 heterocycles. The van der Waals surface area contributed by atoms with Crippen molar-refractivity contribution in [1.29, 1.82) is 0 Å². The molecule has 6 nitrogen and oxygen atoms in total. The molecule has 27 heavy (non-hydrogen) atoms. The smallest absolute Gasteiger partial charge is 0.305 e. The van der Waals surface area contributed by atoms with Crippen LogP contribution in [-0.2, 0) is 17.8 Å². The van der Waals surface area contributed by atoms with E-state index in [2.05, 4.69) is 10.9 Å². The molecule has 1 aromatic heterocycles. The number of nitrogens with one attached hydrogen (secondary N) is 2. The second kappa shape index (κ2) is 8.66. The van der Waals surface area contributed by atoms with Crippen molar-refractivity contribution in [3.63, 3.8) is 0 Å². The van der Waals surface area contributed by atoms with Crippen molar-refractivity contribution in [2.75, 3.05) is 0 Å². The van der Waals surface area contributed by atoms with Crippen molar-refractivity contribution >= 4 is 11.8 Å². The van der Waals surface area contributed by atoms with Gasteiger partial charge in [0.05, 0.1) is 6.42 Å². The van der Waals surface area contributed by atoms with E-state index in [4.69, 9.17) is 9.15 Å². The lowest BCUT2D eigenvalue weighted by Crippen LogP contribution is -2.42. The van der Waals surface area contributed by atoms with Crippen LogP contribution in [0.2, 0.25) is 0 Å². The topological polar surface area (TPSA) is 80.6 Å². The summed E-state index contributed by atoms with van der Waals surface area (Å²) < 4.78 is 23.8. The Labute approximate surface area is 154 Å². The Morgan fingerprint density at radius 3 is 2.41 bits per heavy atom. The third kappa shape index (κ3) is 5.43. The number of ether oxygens (including phenoxy) is 1. The van der Waals surface area contributed by atoms with Gasteiger partial charge in [-0.3, -0.25) is 20.4 Å². The fourth-order valence-electron chi connectivity index (χ4n) is 2.27. The summed E-state index contributed by atoms with van der Waals surface area (Å²) in [5.74, 6) is -0.196. The van der Waals surface area contributed by atoms with Gasteiger partial charge in [-0.25, -0.2) is 4.39 Å². The SMILES string of the molecule is O=C(Cc1ccc(F)cc1)NNC(=O)c1ccc(COc2ccccc2)o1. The normalized spacial score (nSPS) is 10.3. The molecule has 0 unspecified atom stereocenters. The summed E-state index contributed by atoms with van der Waals surface area (Å²) in [7, 11) is 0. The first-order valence-electron chi connectivity index (χ1n) is 8.20. The maximum Gasteiger partial charge on any atom is 0.305 e. The lowest BCUT2D eigenvalue weighted by molar-refractivity contribution is -0.121. The van der Waals surface area contributed by atoms with Gasteiger partial charge in [0.2, 0.25) is 5.91 Å². The number of amides is 2. The molecule has 3 rings (SSSR count). The third-order valence-electron chi connectivity index (χ3n) is 3.60. The summed E-state index contributed by atoms with van der Waals surface area (Å²) in [4.78, 5) is 23.9. The molecule has 0 saturated heterocycles. The maximum atomic E-state index is 12.8. The molecule has 0 saturated carbocycles. The monoisotopic (exact) mass is 368 g/mol. The second-order valence-electron chi connectivity index (χ2n) is 5.67. The van der Waals surface area contributed by atoms with Gasteiger partial charge in [-0.1, -0.05) is 30.3 Å². The number of carbonyl (C=O) groups excluding carboxylic acids is 2. The van der Waals surface area contributed by atoms with E-state index in [0.29, 0.717) is 17.1 Å². The molecule has 0 radical (unpaired) electrons. The fraction of sp³-hybridized carbons (Fsp3) is 0.100. The van der Waals surface area contributed by atoms with Gasteiger partial charge in [-0.15, -0.1) is 0 Å². The van der Waals surface area contributed by atoms with Gasteiger partial charge < -0.3 is 9.15 Å². The Morgan fingerprint density at radius 2 is 1.67 bits per heavy atom. The molecule has 0 aliphatic heterocycles. The molecular formula is C20H17FN2O4. The molecule has 2 N–H and O–H groups in total. The number of hydrogen-bond donors (Lipinski definition) is 2. The van der Waals surface area contributed by atoms with Gasteiger partial charge in [-0.2, -0.15) is 0 Å².